The van der Waals surface area contributed by atoms with Crippen molar-refractivity contribution >= 4 is 0 Å². The zero-order valence-electron chi connectivity index (χ0n) is 6.63. The van der Waals surface area contributed by atoms with Gasteiger partial charge in [0.05, 0.1) is 0 Å². The van der Waals surface area contributed by atoms with Crippen LogP contribution in [0, 0.1) is 0 Å². The van der Waals surface area contributed by atoms with E-state index < -0.39 is 0 Å². The predicted octanol–water partition coefficient (Wildman–Crippen LogP) is 1.49. The van der Waals surface area contributed by atoms with Gasteiger partial charge in [0, 0.05) is 44.8 Å². The molecule has 0 bridgehead atoms. The molecule has 0 amide bonds. The Hall–Kier alpha value is 1.02. The fraction of sp³-hybridized carbons (Fsp3) is 1.00. The van der Waals surface area contributed by atoms with Gasteiger partial charge in [-0.1, -0.05) is 0 Å². The van der Waals surface area contributed by atoms with Crippen molar-refractivity contribution in [2.45, 2.75) is 39.8 Å². The van der Waals surface area contributed by atoms with Gasteiger partial charge in [-0.15, -0.1) is 0 Å². The average molecular weight is 206 g/mol. The molecule has 0 heterocycles. The van der Waals surface area contributed by atoms with Gasteiger partial charge in [0.2, 0.25) is 0 Å². The average Bonchev–Trinajstić information content (AvgIpc) is 1.64. The Balaban J connectivity index is 0. The van der Waals surface area contributed by atoms with E-state index in [1.54, 1.807) is 0 Å². The summed E-state index contributed by atoms with van der Waals surface area (Å²) < 4.78 is 0. The molecule has 2 nitrogen and oxygen atoms in total. The quantitative estimate of drug-likeness (QED) is 0.692. The number of nitrogens with zero attached hydrogens (tertiary/aromatic N) is 1. The molecule has 1 N–H and O–H groups in total. The molecular weight excluding hydrogens is 191 g/mol. The normalized spacial score (nSPS) is 10.7. The molecule has 0 aromatic heterocycles. The molecule has 1 radical (unpaired) electrons. The first kappa shape index (κ1) is 12.7. The van der Waals surface area contributed by atoms with Gasteiger partial charge in [-0.2, -0.15) is 5.06 Å². The third-order valence-electron chi connectivity index (χ3n) is 1.06. The van der Waals surface area contributed by atoms with Crippen LogP contribution >= 0.6 is 0 Å². The summed E-state index contributed by atoms with van der Waals surface area (Å²) in [5.74, 6) is 0. The number of rotatable bonds is 2. The molecule has 0 fully saturated rings. The molecule has 0 spiro atoms. The second kappa shape index (κ2) is 5.78. The van der Waals surface area contributed by atoms with E-state index in [1.165, 1.54) is 5.06 Å². The number of hydroxylamine groups is 2. The fourth-order valence-electron chi connectivity index (χ4n) is 0.596. The molecular formula is C6H15NOY. The van der Waals surface area contributed by atoms with Crippen LogP contribution in [-0.2, 0) is 32.7 Å². The largest absolute Gasteiger partial charge is 0.313 e. The van der Waals surface area contributed by atoms with Crippen molar-refractivity contribution in [1.82, 2.24) is 5.06 Å². The molecule has 0 aromatic rings. The van der Waals surface area contributed by atoms with Crippen LogP contribution in [0.2, 0.25) is 0 Å². The molecule has 0 aliphatic heterocycles. The molecule has 3 heteroatoms. The fourth-order valence-corrected chi connectivity index (χ4v) is 0.596. The molecule has 0 saturated heterocycles. The van der Waals surface area contributed by atoms with Crippen molar-refractivity contribution < 1.29 is 37.9 Å². The summed E-state index contributed by atoms with van der Waals surface area (Å²) in [6.07, 6.45) is 0. The summed E-state index contributed by atoms with van der Waals surface area (Å²) in [7, 11) is 0. The SMILES string of the molecule is CC(C)N(O)C(C)C.[Y]. The molecule has 53 valence electrons. The summed E-state index contributed by atoms with van der Waals surface area (Å²) >= 11 is 0. The molecule has 0 atom stereocenters. The topological polar surface area (TPSA) is 23.5 Å². The summed E-state index contributed by atoms with van der Waals surface area (Å²) in [4.78, 5) is 0. The summed E-state index contributed by atoms with van der Waals surface area (Å²) in [6, 6.07) is 0.463. The van der Waals surface area contributed by atoms with Crippen LogP contribution in [0.5, 0.6) is 0 Å². The second-order valence-corrected chi connectivity index (χ2v) is 2.57. The van der Waals surface area contributed by atoms with Crippen LogP contribution in [0.4, 0.5) is 0 Å². The Morgan fingerprint density at radius 1 is 1.00 bits per heavy atom. The van der Waals surface area contributed by atoms with Crippen LogP contribution < -0.4 is 0 Å². The van der Waals surface area contributed by atoms with Crippen LogP contribution in [0.1, 0.15) is 27.7 Å². The van der Waals surface area contributed by atoms with E-state index in [-0.39, 0.29) is 44.8 Å². The first-order chi connectivity index (χ1) is 3.55. The van der Waals surface area contributed by atoms with Gasteiger partial charge in [0.15, 0.2) is 0 Å². The Labute approximate surface area is 82.5 Å². The Morgan fingerprint density at radius 3 is 1.22 bits per heavy atom. The monoisotopic (exact) mass is 206 g/mol. The van der Waals surface area contributed by atoms with E-state index in [4.69, 9.17) is 5.21 Å². The van der Waals surface area contributed by atoms with E-state index >= 15 is 0 Å². The smallest absolute Gasteiger partial charge is 0.0296 e. The maximum absolute atomic E-state index is 9.04. The third-order valence-corrected chi connectivity index (χ3v) is 1.06. The van der Waals surface area contributed by atoms with Gasteiger partial charge in [-0.05, 0) is 27.7 Å². The van der Waals surface area contributed by atoms with Gasteiger partial charge in [0.25, 0.3) is 0 Å². The van der Waals surface area contributed by atoms with E-state index in [0.717, 1.165) is 0 Å². The minimum absolute atomic E-state index is 0. The van der Waals surface area contributed by atoms with Gasteiger partial charge in [-0.3, -0.25) is 0 Å². The van der Waals surface area contributed by atoms with E-state index in [9.17, 15) is 0 Å². The number of hydrogen-bond acceptors (Lipinski definition) is 2. The van der Waals surface area contributed by atoms with E-state index in [0.29, 0.717) is 0 Å². The van der Waals surface area contributed by atoms with Gasteiger partial charge >= 0.3 is 0 Å². The molecule has 0 aliphatic rings. The van der Waals surface area contributed by atoms with Crippen molar-refractivity contribution in [3.63, 3.8) is 0 Å². The van der Waals surface area contributed by atoms with Crippen molar-refractivity contribution in [2.24, 2.45) is 0 Å². The molecule has 0 aliphatic carbocycles. The van der Waals surface area contributed by atoms with E-state index in [1.807, 2.05) is 27.7 Å². The standard InChI is InChI=1S/C6H15NO.Y/c1-5(2)7(8)6(3)4;/h5-6,8H,1-4H3;. The Kier molecular flexibility index (Phi) is 8.15. The summed E-state index contributed by atoms with van der Waals surface area (Å²) in [5.41, 5.74) is 0. The molecule has 0 rings (SSSR count). The Bertz CT molecular complexity index is 58.1. The maximum atomic E-state index is 9.04. The number of hydrogen-bond donors (Lipinski definition) is 1. The van der Waals surface area contributed by atoms with Crippen LogP contribution in [0.3, 0.4) is 0 Å². The molecule has 9 heavy (non-hydrogen) atoms. The molecule has 0 unspecified atom stereocenters. The van der Waals surface area contributed by atoms with Crippen molar-refractivity contribution in [1.29, 1.82) is 0 Å². The maximum Gasteiger partial charge on any atom is 0.0296 e. The first-order valence-corrected chi connectivity index (χ1v) is 3.03. The molecule has 0 saturated carbocycles. The first-order valence-electron chi connectivity index (χ1n) is 3.03. The zero-order valence-corrected chi connectivity index (χ0v) is 9.46. The minimum Gasteiger partial charge on any atom is -0.313 e. The Morgan fingerprint density at radius 2 is 1.22 bits per heavy atom. The van der Waals surface area contributed by atoms with Crippen molar-refractivity contribution in [3.05, 3.63) is 0 Å². The van der Waals surface area contributed by atoms with Gasteiger partial charge in [0.1, 0.15) is 0 Å². The van der Waals surface area contributed by atoms with Crippen molar-refractivity contribution in [3.8, 4) is 0 Å². The van der Waals surface area contributed by atoms with Crippen LogP contribution in [-0.4, -0.2) is 22.4 Å². The zero-order chi connectivity index (χ0) is 6.73. The minimum atomic E-state index is 0. The second-order valence-electron chi connectivity index (χ2n) is 2.57. The van der Waals surface area contributed by atoms with Crippen LogP contribution in [0.15, 0.2) is 0 Å². The van der Waals surface area contributed by atoms with E-state index in [2.05, 4.69) is 0 Å². The molecule has 0 aromatic carbocycles. The predicted molar refractivity (Wildman–Crippen MR) is 33.9 cm³/mol. The summed E-state index contributed by atoms with van der Waals surface area (Å²) in [6.45, 7) is 7.83. The van der Waals surface area contributed by atoms with Gasteiger partial charge in [-0.25, -0.2) is 0 Å². The van der Waals surface area contributed by atoms with Gasteiger partial charge < -0.3 is 5.21 Å². The van der Waals surface area contributed by atoms with Crippen molar-refractivity contribution in [2.75, 3.05) is 0 Å². The van der Waals surface area contributed by atoms with Crippen LogP contribution in [0.25, 0.3) is 0 Å². The third kappa shape index (κ3) is 5.47. The summed E-state index contributed by atoms with van der Waals surface area (Å²) in [5, 5.41) is 10.4.